The first-order chi connectivity index (χ1) is 13.0. The Morgan fingerprint density at radius 1 is 0.963 bits per heavy atom. The number of carbonyl (C=O) groups is 1. The van der Waals surface area contributed by atoms with E-state index >= 15 is 0 Å². The van der Waals surface area contributed by atoms with E-state index < -0.39 is 15.9 Å². The molecular weight excluding hydrogens is 366 g/mol. The molecule has 0 fully saturated rings. The zero-order chi connectivity index (χ0) is 19.3. The lowest BCUT2D eigenvalue weighted by Crippen LogP contribution is -2.18. The molecular formula is C19H17N3O4S. The highest BCUT2D eigenvalue weighted by Gasteiger charge is 2.13. The van der Waals surface area contributed by atoms with Crippen molar-refractivity contribution in [2.75, 3.05) is 4.72 Å². The average Bonchev–Trinajstić information content (AvgIpc) is 3.22. The van der Waals surface area contributed by atoms with Crippen LogP contribution in [0.4, 0.5) is 5.69 Å². The first kappa shape index (κ1) is 18.4. The predicted octanol–water partition coefficient (Wildman–Crippen LogP) is 3.23. The van der Waals surface area contributed by atoms with Gasteiger partial charge in [-0.15, -0.1) is 0 Å². The first-order valence-electron chi connectivity index (χ1n) is 8.02. The van der Waals surface area contributed by atoms with Crippen molar-refractivity contribution in [1.29, 1.82) is 0 Å². The van der Waals surface area contributed by atoms with E-state index in [1.54, 1.807) is 55.5 Å². The SMILES string of the molecule is C/C(=N/NC(=O)c1ccco1)c1ccc(NS(=O)(=O)c2ccccc2)cc1. The molecule has 0 saturated heterocycles. The number of hydrogen-bond acceptors (Lipinski definition) is 5. The molecule has 7 nitrogen and oxygen atoms in total. The molecule has 0 bridgehead atoms. The van der Waals surface area contributed by atoms with Gasteiger partial charge in [0.2, 0.25) is 0 Å². The van der Waals surface area contributed by atoms with Crippen LogP contribution in [-0.2, 0) is 10.0 Å². The van der Waals surface area contributed by atoms with Crippen molar-refractivity contribution in [3.8, 4) is 0 Å². The summed E-state index contributed by atoms with van der Waals surface area (Å²) in [6, 6.07) is 17.9. The van der Waals surface area contributed by atoms with Crippen LogP contribution in [0.15, 0.2) is 87.4 Å². The number of anilines is 1. The molecule has 0 aliphatic carbocycles. The highest BCUT2D eigenvalue weighted by molar-refractivity contribution is 7.92. The van der Waals surface area contributed by atoms with Gasteiger partial charge in [-0.2, -0.15) is 5.10 Å². The highest BCUT2D eigenvalue weighted by atomic mass is 32.2. The van der Waals surface area contributed by atoms with Gasteiger partial charge in [-0.3, -0.25) is 9.52 Å². The van der Waals surface area contributed by atoms with Gasteiger partial charge in [-0.1, -0.05) is 30.3 Å². The Morgan fingerprint density at radius 2 is 1.67 bits per heavy atom. The zero-order valence-corrected chi connectivity index (χ0v) is 15.2. The normalized spacial score (nSPS) is 11.8. The van der Waals surface area contributed by atoms with Crippen LogP contribution in [0.3, 0.4) is 0 Å². The van der Waals surface area contributed by atoms with Crippen LogP contribution >= 0.6 is 0 Å². The number of furan rings is 1. The third-order valence-corrected chi connectivity index (χ3v) is 5.08. The Kier molecular flexibility index (Phi) is 5.37. The number of hydrogen-bond donors (Lipinski definition) is 2. The average molecular weight is 383 g/mol. The van der Waals surface area contributed by atoms with Gasteiger partial charge in [0.1, 0.15) is 0 Å². The van der Waals surface area contributed by atoms with E-state index in [0.717, 1.165) is 5.56 Å². The van der Waals surface area contributed by atoms with Crippen molar-refractivity contribution in [3.05, 3.63) is 84.3 Å². The number of nitrogens with zero attached hydrogens (tertiary/aromatic N) is 1. The molecule has 138 valence electrons. The van der Waals surface area contributed by atoms with Crippen LogP contribution in [-0.4, -0.2) is 20.0 Å². The van der Waals surface area contributed by atoms with E-state index in [2.05, 4.69) is 15.2 Å². The predicted molar refractivity (Wildman–Crippen MR) is 102 cm³/mol. The molecule has 1 aromatic heterocycles. The molecule has 0 aliphatic heterocycles. The van der Waals surface area contributed by atoms with Crippen molar-refractivity contribution in [2.45, 2.75) is 11.8 Å². The molecule has 0 aliphatic rings. The highest BCUT2D eigenvalue weighted by Crippen LogP contribution is 2.16. The maximum Gasteiger partial charge on any atom is 0.307 e. The van der Waals surface area contributed by atoms with Crippen molar-refractivity contribution in [2.24, 2.45) is 5.10 Å². The standard InChI is InChI=1S/C19H17N3O4S/c1-14(20-21-19(23)18-8-5-13-26-18)15-9-11-16(12-10-15)22-27(24,25)17-6-3-2-4-7-17/h2-13,22H,1H3,(H,21,23)/b20-14-. The fourth-order valence-corrected chi connectivity index (χ4v) is 3.33. The van der Waals surface area contributed by atoms with Gasteiger partial charge in [-0.25, -0.2) is 13.8 Å². The summed E-state index contributed by atoms with van der Waals surface area (Å²) in [5.74, 6) is -0.288. The van der Waals surface area contributed by atoms with Crippen molar-refractivity contribution in [3.63, 3.8) is 0 Å². The fraction of sp³-hybridized carbons (Fsp3) is 0.0526. The smallest absolute Gasteiger partial charge is 0.307 e. The number of hydrazone groups is 1. The molecule has 1 heterocycles. The van der Waals surface area contributed by atoms with E-state index in [0.29, 0.717) is 11.4 Å². The fourth-order valence-electron chi connectivity index (χ4n) is 2.26. The van der Waals surface area contributed by atoms with E-state index in [1.807, 2.05) is 0 Å². The number of rotatable bonds is 6. The summed E-state index contributed by atoms with van der Waals surface area (Å²) in [4.78, 5) is 12.0. The van der Waals surface area contributed by atoms with Gasteiger partial charge in [0, 0.05) is 5.69 Å². The van der Waals surface area contributed by atoms with Gasteiger partial charge in [-0.05, 0) is 48.9 Å². The lowest BCUT2D eigenvalue weighted by atomic mass is 10.1. The summed E-state index contributed by atoms with van der Waals surface area (Å²) >= 11 is 0. The molecule has 1 amide bonds. The summed E-state index contributed by atoms with van der Waals surface area (Å²) in [6.07, 6.45) is 1.40. The molecule has 2 aromatic carbocycles. The molecule has 0 spiro atoms. The van der Waals surface area contributed by atoms with Gasteiger partial charge >= 0.3 is 5.91 Å². The summed E-state index contributed by atoms with van der Waals surface area (Å²) in [5, 5.41) is 4.02. The minimum atomic E-state index is -3.64. The van der Waals surface area contributed by atoms with E-state index in [-0.39, 0.29) is 10.7 Å². The van der Waals surface area contributed by atoms with Crippen molar-refractivity contribution >= 4 is 27.3 Å². The first-order valence-corrected chi connectivity index (χ1v) is 9.50. The minimum absolute atomic E-state index is 0.164. The van der Waals surface area contributed by atoms with Crippen LogP contribution < -0.4 is 10.1 Å². The maximum absolute atomic E-state index is 12.3. The summed E-state index contributed by atoms with van der Waals surface area (Å²) in [7, 11) is -3.64. The maximum atomic E-state index is 12.3. The molecule has 0 radical (unpaired) electrons. The van der Waals surface area contributed by atoms with E-state index in [1.165, 1.54) is 24.5 Å². The lowest BCUT2D eigenvalue weighted by molar-refractivity contribution is 0.0927. The minimum Gasteiger partial charge on any atom is -0.459 e. The second kappa shape index (κ2) is 7.88. The molecule has 3 aromatic rings. The second-order valence-electron chi connectivity index (χ2n) is 5.61. The molecule has 0 saturated carbocycles. The Hall–Kier alpha value is -3.39. The van der Waals surface area contributed by atoms with Gasteiger partial charge in [0.05, 0.1) is 16.9 Å². The number of amides is 1. The Labute approximate surface area is 156 Å². The van der Waals surface area contributed by atoms with Gasteiger partial charge in [0.25, 0.3) is 10.0 Å². The Balaban J connectivity index is 1.68. The third kappa shape index (κ3) is 4.62. The molecule has 0 unspecified atom stereocenters. The molecule has 0 atom stereocenters. The third-order valence-electron chi connectivity index (χ3n) is 3.68. The van der Waals surface area contributed by atoms with Crippen LogP contribution in [0.5, 0.6) is 0 Å². The van der Waals surface area contributed by atoms with Gasteiger partial charge in [0.15, 0.2) is 5.76 Å². The Bertz CT molecular complexity index is 1040. The molecule has 2 N–H and O–H groups in total. The summed E-state index contributed by atoms with van der Waals surface area (Å²) < 4.78 is 32.1. The number of carbonyl (C=O) groups excluding carboxylic acids is 1. The Morgan fingerprint density at radius 3 is 2.30 bits per heavy atom. The lowest BCUT2D eigenvalue weighted by Gasteiger charge is -2.09. The van der Waals surface area contributed by atoms with Crippen LogP contribution in [0.25, 0.3) is 0 Å². The largest absolute Gasteiger partial charge is 0.459 e. The van der Waals surface area contributed by atoms with Crippen LogP contribution in [0.2, 0.25) is 0 Å². The zero-order valence-electron chi connectivity index (χ0n) is 14.4. The van der Waals surface area contributed by atoms with Crippen LogP contribution in [0.1, 0.15) is 23.0 Å². The van der Waals surface area contributed by atoms with Gasteiger partial charge < -0.3 is 4.42 Å². The summed E-state index contributed by atoms with van der Waals surface area (Å²) in [5.41, 5.74) is 4.12. The molecule has 3 rings (SSSR count). The topological polar surface area (TPSA) is 101 Å². The quantitative estimate of drug-likeness (QED) is 0.504. The monoisotopic (exact) mass is 383 g/mol. The molecule has 27 heavy (non-hydrogen) atoms. The van der Waals surface area contributed by atoms with Crippen molar-refractivity contribution < 1.29 is 17.6 Å². The van der Waals surface area contributed by atoms with E-state index in [9.17, 15) is 13.2 Å². The second-order valence-corrected chi connectivity index (χ2v) is 7.29. The van der Waals surface area contributed by atoms with Crippen molar-refractivity contribution in [1.82, 2.24) is 5.43 Å². The number of sulfonamides is 1. The van der Waals surface area contributed by atoms with Crippen LogP contribution in [0, 0.1) is 0 Å². The number of nitrogens with one attached hydrogen (secondary N) is 2. The molecule has 8 heteroatoms. The number of benzene rings is 2. The summed E-state index contributed by atoms with van der Waals surface area (Å²) in [6.45, 7) is 1.73. The van der Waals surface area contributed by atoms with E-state index in [4.69, 9.17) is 4.42 Å².